The van der Waals surface area contributed by atoms with Crippen LogP contribution in [0.15, 0.2) is 24.3 Å². The number of hydrogen-bond acceptors (Lipinski definition) is 3. The van der Waals surface area contributed by atoms with E-state index in [1.165, 1.54) is 23.1 Å². The summed E-state index contributed by atoms with van der Waals surface area (Å²) >= 11 is 0. The van der Waals surface area contributed by atoms with Gasteiger partial charge in [-0.05, 0) is 18.2 Å². The van der Waals surface area contributed by atoms with Gasteiger partial charge in [0.1, 0.15) is 6.54 Å². The van der Waals surface area contributed by atoms with Crippen molar-refractivity contribution in [2.75, 3.05) is 26.7 Å². The molecule has 100 valence electrons. The third kappa shape index (κ3) is 2.73. The van der Waals surface area contributed by atoms with Crippen molar-refractivity contribution in [2.45, 2.75) is 0 Å². The van der Waals surface area contributed by atoms with Crippen LogP contribution in [0.25, 0.3) is 0 Å². The van der Waals surface area contributed by atoms with Gasteiger partial charge in [0.2, 0.25) is 5.91 Å². The number of benzene rings is 1. The SMILES string of the molecule is CN1CCN(C(=O)c2cccc(C(=O)O)c2)CC1=O. The van der Waals surface area contributed by atoms with Gasteiger partial charge in [0.15, 0.2) is 0 Å². The minimum absolute atomic E-state index is 0.0344. The van der Waals surface area contributed by atoms with Gasteiger partial charge in [0.05, 0.1) is 5.56 Å². The number of carbonyl (C=O) groups excluding carboxylic acids is 2. The highest BCUT2D eigenvalue weighted by Gasteiger charge is 2.25. The smallest absolute Gasteiger partial charge is 0.335 e. The van der Waals surface area contributed by atoms with Crippen LogP contribution in [0.2, 0.25) is 0 Å². The molecule has 0 saturated carbocycles. The molecular weight excluding hydrogens is 248 g/mol. The van der Waals surface area contributed by atoms with Crippen molar-refractivity contribution in [3.63, 3.8) is 0 Å². The van der Waals surface area contributed by atoms with E-state index in [0.717, 1.165) is 0 Å². The number of likely N-dealkylation sites (N-methyl/N-ethyl adjacent to an activating group) is 1. The standard InChI is InChI=1S/C13H14N2O4/c1-14-5-6-15(8-11(14)16)12(17)9-3-2-4-10(7-9)13(18)19/h2-4,7H,5-6,8H2,1H3,(H,18,19). The second-order valence-corrected chi connectivity index (χ2v) is 4.43. The van der Waals surface area contributed by atoms with Crippen LogP contribution >= 0.6 is 0 Å². The van der Waals surface area contributed by atoms with Crippen molar-refractivity contribution in [1.29, 1.82) is 0 Å². The number of hydrogen-bond donors (Lipinski definition) is 1. The van der Waals surface area contributed by atoms with E-state index in [2.05, 4.69) is 0 Å². The first-order chi connectivity index (χ1) is 8.99. The number of amides is 2. The first kappa shape index (κ1) is 13.1. The van der Waals surface area contributed by atoms with Crippen molar-refractivity contribution in [2.24, 2.45) is 0 Å². The van der Waals surface area contributed by atoms with Gasteiger partial charge in [-0.3, -0.25) is 9.59 Å². The van der Waals surface area contributed by atoms with Gasteiger partial charge in [-0.1, -0.05) is 6.07 Å². The number of carboxylic acids is 1. The Morgan fingerprint density at radius 1 is 1.21 bits per heavy atom. The second kappa shape index (κ2) is 5.09. The minimum Gasteiger partial charge on any atom is -0.478 e. The van der Waals surface area contributed by atoms with Gasteiger partial charge in [0.25, 0.3) is 5.91 Å². The van der Waals surface area contributed by atoms with Gasteiger partial charge < -0.3 is 14.9 Å². The van der Waals surface area contributed by atoms with Gasteiger partial charge in [-0.15, -0.1) is 0 Å². The molecule has 1 heterocycles. The number of rotatable bonds is 2. The summed E-state index contributed by atoms with van der Waals surface area (Å²) in [6.07, 6.45) is 0. The molecular formula is C13H14N2O4. The van der Waals surface area contributed by atoms with Crippen LogP contribution in [0, 0.1) is 0 Å². The molecule has 6 nitrogen and oxygen atoms in total. The average Bonchev–Trinajstić information content (AvgIpc) is 2.41. The molecule has 1 N–H and O–H groups in total. The van der Waals surface area contributed by atoms with E-state index in [-0.39, 0.29) is 29.5 Å². The molecule has 1 fully saturated rings. The number of carboxylic acid groups (broad SMARTS) is 1. The molecule has 0 radical (unpaired) electrons. The zero-order valence-corrected chi connectivity index (χ0v) is 10.5. The second-order valence-electron chi connectivity index (χ2n) is 4.43. The number of piperazine rings is 1. The maximum absolute atomic E-state index is 12.2. The lowest BCUT2D eigenvalue weighted by molar-refractivity contribution is -0.133. The summed E-state index contributed by atoms with van der Waals surface area (Å²) in [6.45, 7) is 0.980. The van der Waals surface area contributed by atoms with E-state index in [4.69, 9.17) is 5.11 Å². The third-order valence-electron chi connectivity index (χ3n) is 3.10. The van der Waals surface area contributed by atoms with Crippen molar-refractivity contribution in [3.8, 4) is 0 Å². The molecule has 0 aromatic heterocycles. The van der Waals surface area contributed by atoms with E-state index < -0.39 is 5.97 Å². The van der Waals surface area contributed by atoms with Crippen molar-refractivity contribution in [3.05, 3.63) is 35.4 Å². The minimum atomic E-state index is -1.08. The lowest BCUT2D eigenvalue weighted by atomic mass is 10.1. The Kier molecular flexibility index (Phi) is 3.50. The number of nitrogens with zero attached hydrogens (tertiary/aromatic N) is 2. The molecule has 0 aliphatic carbocycles. The molecule has 0 bridgehead atoms. The summed E-state index contributed by atoms with van der Waals surface area (Å²) in [5, 5.41) is 8.89. The molecule has 1 aliphatic heterocycles. The lowest BCUT2D eigenvalue weighted by Crippen LogP contribution is -2.50. The Hall–Kier alpha value is -2.37. The molecule has 19 heavy (non-hydrogen) atoms. The van der Waals surface area contributed by atoms with E-state index >= 15 is 0 Å². The predicted octanol–water partition coefficient (Wildman–Crippen LogP) is 0.299. The molecule has 0 spiro atoms. The molecule has 2 rings (SSSR count). The van der Waals surface area contributed by atoms with Gasteiger partial charge in [-0.2, -0.15) is 0 Å². The van der Waals surface area contributed by atoms with Crippen LogP contribution < -0.4 is 0 Å². The van der Waals surface area contributed by atoms with Crippen LogP contribution in [0.5, 0.6) is 0 Å². The normalized spacial score (nSPS) is 15.5. The Balaban J connectivity index is 2.18. The number of carbonyl (C=O) groups is 3. The van der Waals surface area contributed by atoms with E-state index in [0.29, 0.717) is 13.1 Å². The summed E-state index contributed by atoms with van der Waals surface area (Å²) in [5.41, 5.74) is 0.351. The fourth-order valence-corrected chi connectivity index (χ4v) is 1.90. The van der Waals surface area contributed by atoms with E-state index in [1.807, 2.05) is 0 Å². The first-order valence-corrected chi connectivity index (χ1v) is 5.85. The Bertz CT molecular complexity index is 541. The Morgan fingerprint density at radius 3 is 2.53 bits per heavy atom. The molecule has 6 heteroatoms. The van der Waals surface area contributed by atoms with Crippen LogP contribution in [-0.4, -0.2) is 59.4 Å². The van der Waals surface area contributed by atoms with Crippen LogP contribution in [0.3, 0.4) is 0 Å². The summed E-state index contributed by atoms with van der Waals surface area (Å²) in [6, 6.07) is 5.83. The highest BCUT2D eigenvalue weighted by molar-refractivity contribution is 5.99. The van der Waals surface area contributed by atoms with Gasteiger partial charge in [0, 0.05) is 25.7 Å². The largest absolute Gasteiger partial charge is 0.478 e. The highest BCUT2D eigenvalue weighted by atomic mass is 16.4. The lowest BCUT2D eigenvalue weighted by Gasteiger charge is -2.32. The Morgan fingerprint density at radius 2 is 1.89 bits per heavy atom. The molecule has 0 unspecified atom stereocenters. The number of aromatic carboxylic acids is 1. The van der Waals surface area contributed by atoms with Gasteiger partial charge >= 0.3 is 5.97 Å². The molecule has 1 aliphatic rings. The van der Waals surface area contributed by atoms with Crippen LogP contribution in [0.4, 0.5) is 0 Å². The van der Waals surface area contributed by atoms with Crippen LogP contribution in [-0.2, 0) is 4.79 Å². The topological polar surface area (TPSA) is 77.9 Å². The predicted molar refractivity (Wildman–Crippen MR) is 66.9 cm³/mol. The fraction of sp³-hybridized carbons (Fsp3) is 0.308. The van der Waals surface area contributed by atoms with Crippen LogP contribution in [0.1, 0.15) is 20.7 Å². The molecule has 0 atom stereocenters. The summed E-state index contributed by atoms with van der Waals surface area (Å²) < 4.78 is 0. The highest BCUT2D eigenvalue weighted by Crippen LogP contribution is 2.11. The van der Waals surface area contributed by atoms with Crippen molar-refractivity contribution < 1.29 is 19.5 Å². The van der Waals surface area contributed by atoms with Crippen molar-refractivity contribution >= 4 is 17.8 Å². The molecule has 1 aromatic carbocycles. The van der Waals surface area contributed by atoms with Gasteiger partial charge in [-0.25, -0.2) is 4.79 Å². The fourth-order valence-electron chi connectivity index (χ4n) is 1.90. The molecule has 1 aromatic rings. The average molecular weight is 262 g/mol. The molecule has 2 amide bonds. The first-order valence-electron chi connectivity index (χ1n) is 5.85. The van der Waals surface area contributed by atoms with E-state index in [1.54, 1.807) is 18.0 Å². The Labute approximate surface area is 110 Å². The quantitative estimate of drug-likeness (QED) is 0.831. The summed E-state index contributed by atoms with van der Waals surface area (Å²) in [7, 11) is 1.69. The maximum Gasteiger partial charge on any atom is 0.335 e. The summed E-state index contributed by atoms with van der Waals surface area (Å²) in [4.78, 5) is 37.6. The summed E-state index contributed by atoms with van der Waals surface area (Å²) in [5.74, 6) is -1.51. The zero-order chi connectivity index (χ0) is 14.0. The van der Waals surface area contributed by atoms with Crippen molar-refractivity contribution in [1.82, 2.24) is 9.80 Å². The monoisotopic (exact) mass is 262 g/mol. The molecule has 1 saturated heterocycles. The zero-order valence-electron chi connectivity index (χ0n) is 10.5. The maximum atomic E-state index is 12.2. The third-order valence-corrected chi connectivity index (χ3v) is 3.10. The van der Waals surface area contributed by atoms with E-state index in [9.17, 15) is 14.4 Å².